The van der Waals surface area contributed by atoms with E-state index in [4.69, 9.17) is 5.73 Å². The molecule has 0 aromatic carbocycles. The Bertz CT molecular complexity index is 529. The van der Waals surface area contributed by atoms with Gasteiger partial charge in [0.25, 0.3) is 0 Å². The van der Waals surface area contributed by atoms with Crippen molar-refractivity contribution in [3.8, 4) is 0 Å². The summed E-state index contributed by atoms with van der Waals surface area (Å²) < 4.78 is 0. The standard InChI is InChI=1S/C17H25N3O/c1-10-6-7-15(11(2)19-10)20-17(21)14-8-12-4-3-5-13(9-14)16(12)18/h6-7,12-14,16H,3-5,8-9,18H2,1-2H3,(H,20,21). The molecule has 2 aliphatic rings. The number of nitrogens with two attached hydrogens (primary N) is 1. The number of amides is 1. The fourth-order valence-electron chi connectivity index (χ4n) is 4.06. The van der Waals surface area contributed by atoms with Crippen molar-refractivity contribution in [2.45, 2.75) is 52.0 Å². The number of pyridine rings is 1. The van der Waals surface area contributed by atoms with Gasteiger partial charge in [0.1, 0.15) is 0 Å². The molecule has 2 saturated carbocycles. The van der Waals surface area contributed by atoms with Crippen molar-refractivity contribution in [1.29, 1.82) is 0 Å². The van der Waals surface area contributed by atoms with Gasteiger partial charge in [0.2, 0.25) is 5.91 Å². The minimum atomic E-state index is 0.112. The number of fused-ring (bicyclic) bond motifs is 2. The zero-order chi connectivity index (χ0) is 15.0. The number of nitrogens with zero attached hydrogens (tertiary/aromatic N) is 1. The second-order valence-electron chi connectivity index (χ2n) is 6.77. The molecule has 0 radical (unpaired) electrons. The van der Waals surface area contributed by atoms with Gasteiger partial charge in [-0.15, -0.1) is 0 Å². The van der Waals surface area contributed by atoms with Gasteiger partial charge in [-0.3, -0.25) is 9.78 Å². The maximum Gasteiger partial charge on any atom is 0.227 e. The number of carbonyl (C=O) groups excluding carboxylic acids is 1. The number of aryl methyl sites for hydroxylation is 2. The highest BCUT2D eigenvalue weighted by Crippen LogP contribution is 2.42. The molecule has 3 N–H and O–H groups in total. The molecule has 1 aromatic rings. The van der Waals surface area contributed by atoms with Gasteiger partial charge in [-0.05, 0) is 63.5 Å². The van der Waals surface area contributed by atoms with Crippen molar-refractivity contribution in [1.82, 2.24) is 4.98 Å². The second-order valence-corrected chi connectivity index (χ2v) is 6.77. The van der Waals surface area contributed by atoms with Gasteiger partial charge in [0, 0.05) is 17.7 Å². The summed E-state index contributed by atoms with van der Waals surface area (Å²) in [4.78, 5) is 17.0. The number of rotatable bonds is 2. The molecule has 2 unspecified atom stereocenters. The zero-order valence-corrected chi connectivity index (χ0v) is 12.9. The van der Waals surface area contributed by atoms with Crippen molar-refractivity contribution in [2.24, 2.45) is 23.5 Å². The molecule has 2 atom stereocenters. The van der Waals surface area contributed by atoms with Crippen LogP contribution in [0.5, 0.6) is 0 Å². The van der Waals surface area contributed by atoms with Crippen molar-refractivity contribution in [2.75, 3.05) is 5.32 Å². The molecule has 2 fully saturated rings. The molecule has 114 valence electrons. The SMILES string of the molecule is Cc1ccc(NC(=O)C2CC3CCCC(C2)C3N)c(C)n1. The smallest absolute Gasteiger partial charge is 0.227 e. The predicted octanol–water partition coefficient (Wildman–Crippen LogP) is 2.79. The highest BCUT2D eigenvalue weighted by atomic mass is 16.1. The topological polar surface area (TPSA) is 68.0 Å². The lowest BCUT2D eigenvalue weighted by Gasteiger charge is -2.43. The summed E-state index contributed by atoms with van der Waals surface area (Å²) >= 11 is 0. The first-order chi connectivity index (χ1) is 10.0. The lowest BCUT2D eigenvalue weighted by molar-refractivity contribution is -0.122. The van der Waals surface area contributed by atoms with E-state index in [1.807, 2.05) is 26.0 Å². The quantitative estimate of drug-likeness (QED) is 0.879. The van der Waals surface area contributed by atoms with E-state index in [0.29, 0.717) is 17.9 Å². The number of nitrogens with one attached hydrogen (secondary N) is 1. The summed E-state index contributed by atoms with van der Waals surface area (Å²) in [6, 6.07) is 4.20. The number of hydrogen-bond acceptors (Lipinski definition) is 3. The summed E-state index contributed by atoms with van der Waals surface area (Å²) in [6.45, 7) is 3.90. The normalized spacial score (nSPS) is 31.8. The minimum absolute atomic E-state index is 0.112. The Labute approximate surface area is 126 Å². The maximum absolute atomic E-state index is 12.6. The van der Waals surface area contributed by atoms with Gasteiger partial charge in [0.15, 0.2) is 0 Å². The molecular formula is C17H25N3O. The number of hydrogen-bond donors (Lipinski definition) is 2. The molecule has 0 spiro atoms. The van der Waals surface area contributed by atoms with E-state index < -0.39 is 0 Å². The average Bonchev–Trinajstić information content (AvgIpc) is 2.41. The Morgan fingerprint density at radius 2 is 1.90 bits per heavy atom. The van der Waals surface area contributed by atoms with Crippen LogP contribution < -0.4 is 11.1 Å². The Morgan fingerprint density at radius 1 is 1.24 bits per heavy atom. The van der Waals surface area contributed by atoms with Gasteiger partial charge in [-0.25, -0.2) is 0 Å². The number of aromatic nitrogens is 1. The molecule has 1 heterocycles. The fourth-order valence-corrected chi connectivity index (χ4v) is 4.06. The Balaban J connectivity index is 1.68. The molecule has 0 aliphatic heterocycles. The molecule has 21 heavy (non-hydrogen) atoms. The van der Waals surface area contributed by atoms with E-state index in [0.717, 1.165) is 29.9 Å². The third-order valence-corrected chi connectivity index (χ3v) is 5.27. The lowest BCUT2D eigenvalue weighted by Crippen LogP contribution is -2.48. The molecule has 2 bridgehead atoms. The largest absolute Gasteiger partial charge is 0.327 e. The van der Waals surface area contributed by atoms with Gasteiger partial charge in [-0.1, -0.05) is 6.42 Å². The van der Waals surface area contributed by atoms with Gasteiger partial charge < -0.3 is 11.1 Å². The third kappa shape index (κ3) is 2.95. The Morgan fingerprint density at radius 3 is 2.52 bits per heavy atom. The van der Waals surface area contributed by atoms with E-state index in [2.05, 4.69) is 10.3 Å². The Hall–Kier alpha value is -1.42. The van der Waals surface area contributed by atoms with Crippen LogP contribution >= 0.6 is 0 Å². The molecule has 1 amide bonds. The van der Waals surface area contributed by atoms with E-state index >= 15 is 0 Å². The highest BCUT2D eigenvalue weighted by molar-refractivity contribution is 5.93. The van der Waals surface area contributed by atoms with E-state index in [1.165, 1.54) is 19.3 Å². The minimum Gasteiger partial charge on any atom is -0.327 e. The van der Waals surface area contributed by atoms with Crippen LogP contribution in [0.25, 0.3) is 0 Å². The van der Waals surface area contributed by atoms with Crippen molar-refractivity contribution in [3.05, 3.63) is 23.5 Å². The van der Waals surface area contributed by atoms with Crippen LogP contribution in [0.2, 0.25) is 0 Å². The van der Waals surface area contributed by atoms with Crippen LogP contribution in [0.1, 0.15) is 43.5 Å². The fraction of sp³-hybridized carbons (Fsp3) is 0.647. The van der Waals surface area contributed by atoms with E-state index in [9.17, 15) is 4.79 Å². The molecule has 0 saturated heterocycles. The number of anilines is 1. The van der Waals surface area contributed by atoms with Crippen LogP contribution in [0, 0.1) is 31.6 Å². The highest BCUT2D eigenvalue weighted by Gasteiger charge is 2.40. The van der Waals surface area contributed by atoms with Crippen LogP contribution in [0.4, 0.5) is 5.69 Å². The maximum atomic E-state index is 12.6. The molecule has 4 nitrogen and oxygen atoms in total. The van der Waals surface area contributed by atoms with Gasteiger partial charge >= 0.3 is 0 Å². The summed E-state index contributed by atoms with van der Waals surface area (Å²) in [5.74, 6) is 1.32. The first-order valence-corrected chi connectivity index (χ1v) is 8.05. The monoisotopic (exact) mass is 287 g/mol. The van der Waals surface area contributed by atoms with Gasteiger partial charge in [-0.2, -0.15) is 0 Å². The van der Waals surface area contributed by atoms with Crippen LogP contribution in [0.15, 0.2) is 12.1 Å². The molecule has 1 aromatic heterocycles. The third-order valence-electron chi connectivity index (χ3n) is 5.27. The van der Waals surface area contributed by atoms with Crippen LogP contribution in [0.3, 0.4) is 0 Å². The van der Waals surface area contributed by atoms with Crippen LogP contribution in [-0.4, -0.2) is 16.9 Å². The second kappa shape index (κ2) is 5.76. The first kappa shape index (κ1) is 14.5. The molecular weight excluding hydrogens is 262 g/mol. The zero-order valence-electron chi connectivity index (χ0n) is 12.9. The van der Waals surface area contributed by atoms with Crippen LogP contribution in [-0.2, 0) is 4.79 Å². The predicted molar refractivity (Wildman–Crippen MR) is 83.9 cm³/mol. The molecule has 3 rings (SSSR count). The van der Waals surface area contributed by atoms with E-state index in [1.54, 1.807) is 0 Å². The number of carbonyl (C=O) groups is 1. The summed E-state index contributed by atoms with van der Waals surface area (Å²) in [7, 11) is 0. The first-order valence-electron chi connectivity index (χ1n) is 8.05. The summed E-state index contributed by atoms with van der Waals surface area (Å²) in [5, 5.41) is 3.07. The summed E-state index contributed by atoms with van der Waals surface area (Å²) in [5.41, 5.74) is 9.00. The summed E-state index contributed by atoms with van der Waals surface area (Å²) in [6.07, 6.45) is 5.54. The van der Waals surface area contributed by atoms with Crippen molar-refractivity contribution in [3.63, 3.8) is 0 Å². The average molecular weight is 287 g/mol. The molecule has 2 aliphatic carbocycles. The molecule has 4 heteroatoms. The van der Waals surface area contributed by atoms with E-state index in [-0.39, 0.29) is 11.8 Å². The van der Waals surface area contributed by atoms with Gasteiger partial charge in [0.05, 0.1) is 11.4 Å². The van der Waals surface area contributed by atoms with Crippen molar-refractivity contribution < 1.29 is 4.79 Å². The Kier molecular flexibility index (Phi) is 3.98. The van der Waals surface area contributed by atoms with Crippen molar-refractivity contribution >= 4 is 11.6 Å². The lowest BCUT2D eigenvalue weighted by atomic mass is 9.65.